The number of nitrogens with one attached hydrogen (secondary N) is 1. The predicted molar refractivity (Wildman–Crippen MR) is 125 cm³/mol. The van der Waals surface area contributed by atoms with Gasteiger partial charge in [-0.15, -0.1) is 0 Å². The number of nitrogens with zero attached hydrogens (tertiary/aromatic N) is 2. The van der Waals surface area contributed by atoms with Crippen LogP contribution in [0, 0.1) is 11.2 Å². The number of amides is 2. The van der Waals surface area contributed by atoms with Crippen LogP contribution in [0.25, 0.3) is 5.57 Å². The molecule has 5 N–H and O–H groups in total. The second-order valence-electron chi connectivity index (χ2n) is 8.81. The highest BCUT2D eigenvalue weighted by molar-refractivity contribution is 6.02. The lowest BCUT2D eigenvalue weighted by Gasteiger charge is -2.28. The van der Waals surface area contributed by atoms with Gasteiger partial charge in [0.25, 0.3) is 11.8 Å². The Labute approximate surface area is 196 Å². The van der Waals surface area contributed by atoms with Crippen molar-refractivity contribution < 1.29 is 23.5 Å². The molecule has 0 saturated carbocycles. The first-order chi connectivity index (χ1) is 16.2. The van der Waals surface area contributed by atoms with Crippen LogP contribution in [0.4, 0.5) is 10.2 Å². The van der Waals surface area contributed by atoms with E-state index >= 15 is 0 Å². The number of aromatic nitrogens is 2. The zero-order valence-electron chi connectivity index (χ0n) is 19.1. The van der Waals surface area contributed by atoms with Crippen LogP contribution in [0.1, 0.15) is 52.2 Å². The molecule has 1 saturated heterocycles. The highest BCUT2D eigenvalue weighted by Gasteiger charge is 2.30. The van der Waals surface area contributed by atoms with Crippen LogP contribution in [-0.4, -0.2) is 48.5 Å². The largest absolute Gasteiger partial charge is 0.496 e. The molecule has 0 bridgehead atoms. The van der Waals surface area contributed by atoms with Gasteiger partial charge in [0.1, 0.15) is 28.6 Å². The summed E-state index contributed by atoms with van der Waals surface area (Å²) in [7, 11) is 1.43. The minimum absolute atomic E-state index is 0.0414. The van der Waals surface area contributed by atoms with Crippen LogP contribution in [0.5, 0.6) is 5.75 Å². The Bertz CT molecular complexity index is 1180. The van der Waals surface area contributed by atoms with E-state index in [1.54, 1.807) is 4.68 Å². The molecule has 9 nitrogen and oxygen atoms in total. The number of carbonyl (C=O) groups is 2. The van der Waals surface area contributed by atoms with E-state index < -0.39 is 23.0 Å². The topological polar surface area (TPSA) is 134 Å². The third-order valence-corrected chi connectivity index (χ3v) is 6.23. The van der Waals surface area contributed by atoms with Crippen LogP contribution >= 0.6 is 0 Å². The summed E-state index contributed by atoms with van der Waals surface area (Å²) in [5.41, 5.74) is 12.9. The Morgan fingerprint density at radius 3 is 2.82 bits per heavy atom. The lowest BCUT2D eigenvalue weighted by molar-refractivity contribution is 0.0936. The van der Waals surface area contributed by atoms with Gasteiger partial charge >= 0.3 is 0 Å². The van der Waals surface area contributed by atoms with E-state index in [2.05, 4.69) is 10.4 Å². The van der Waals surface area contributed by atoms with E-state index in [9.17, 15) is 14.0 Å². The van der Waals surface area contributed by atoms with Crippen LogP contribution in [0.3, 0.4) is 0 Å². The van der Waals surface area contributed by atoms with Gasteiger partial charge in [-0.25, -0.2) is 9.07 Å². The lowest BCUT2D eigenvalue weighted by Crippen LogP contribution is -2.35. The van der Waals surface area contributed by atoms with E-state index in [4.69, 9.17) is 20.9 Å². The number of rotatable bonds is 7. The van der Waals surface area contributed by atoms with Gasteiger partial charge in [-0.1, -0.05) is 25.2 Å². The fraction of sp³-hybridized carbons (Fsp3) is 0.375. The van der Waals surface area contributed by atoms with E-state index in [0.29, 0.717) is 37.6 Å². The second kappa shape index (κ2) is 9.30. The second-order valence-corrected chi connectivity index (χ2v) is 8.81. The molecule has 4 rings (SSSR count). The smallest absolute Gasteiger partial charge is 0.255 e. The molecule has 1 aromatic carbocycles. The van der Waals surface area contributed by atoms with Crippen molar-refractivity contribution in [2.75, 3.05) is 32.6 Å². The summed E-state index contributed by atoms with van der Waals surface area (Å²) in [5, 5.41) is 7.45. The van der Waals surface area contributed by atoms with Crippen molar-refractivity contribution in [3.05, 3.63) is 59.1 Å². The summed E-state index contributed by atoms with van der Waals surface area (Å²) in [4.78, 5) is 24.8. The Morgan fingerprint density at radius 1 is 1.41 bits per heavy atom. The normalized spacial score (nSPS) is 21.9. The van der Waals surface area contributed by atoms with Gasteiger partial charge in [-0.2, -0.15) is 5.10 Å². The molecule has 180 valence electrons. The Kier molecular flexibility index (Phi) is 6.43. The van der Waals surface area contributed by atoms with Crippen molar-refractivity contribution in [1.29, 1.82) is 0 Å². The molecule has 2 aliphatic rings. The zero-order chi connectivity index (χ0) is 24.5. The van der Waals surface area contributed by atoms with Crippen molar-refractivity contribution in [3.8, 4) is 5.75 Å². The fourth-order valence-electron chi connectivity index (χ4n) is 4.20. The third kappa shape index (κ3) is 4.54. The van der Waals surface area contributed by atoms with Gasteiger partial charge in [0.15, 0.2) is 0 Å². The Hall–Kier alpha value is -3.66. The molecule has 1 aliphatic heterocycles. The monoisotopic (exact) mass is 469 g/mol. The predicted octanol–water partition coefficient (Wildman–Crippen LogP) is 2.45. The first kappa shape index (κ1) is 23.5. The average molecular weight is 470 g/mol. The Morgan fingerprint density at radius 2 is 2.21 bits per heavy atom. The summed E-state index contributed by atoms with van der Waals surface area (Å²) in [5.74, 6) is -1.06. The third-order valence-electron chi connectivity index (χ3n) is 6.23. The van der Waals surface area contributed by atoms with Crippen molar-refractivity contribution in [2.45, 2.75) is 25.8 Å². The minimum Gasteiger partial charge on any atom is -0.496 e. The minimum atomic E-state index is -0.642. The van der Waals surface area contributed by atoms with Crippen molar-refractivity contribution in [3.63, 3.8) is 0 Å². The molecule has 2 heterocycles. The number of nitrogens with two attached hydrogens (primary N) is 2. The molecule has 0 radical (unpaired) electrons. The molecule has 10 heteroatoms. The van der Waals surface area contributed by atoms with Gasteiger partial charge in [0, 0.05) is 18.6 Å². The molecular weight excluding hydrogens is 441 g/mol. The first-order valence-electron chi connectivity index (χ1n) is 11.0. The number of ether oxygens (including phenoxy) is 2. The van der Waals surface area contributed by atoms with Crippen molar-refractivity contribution in [1.82, 2.24) is 15.1 Å². The number of nitrogen functional groups attached to an aromatic ring is 1. The molecule has 2 amide bonds. The number of anilines is 1. The molecular formula is C24H28FN5O4. The van der Waals surface area contributed by atoms with Gasteiger partial charge in [0.05, 0.1) is 25.3 Å². The highest BCUT2D eigenvalue weighted by atomic mass is 19.1. The molecule has 1 unspecified atom stereocenters. The number of benzene rings is 1. The maximum atomic E-state index is 13.6. The number of primary amides is 1. The Balaban J connectivity index is 1.50. The summed E-state index contributed by atoms with van der Waals surface area (Å²) < 4.78 is 25.8. The SMILES string of the molecule is COc1ccc(F)cc1C(=O)NCC1(C)C=CC(c2nn([C@@H]3CCOC3)c(N)c2C(N)=O)=CC1. The molecule has 0 spiro atoms. The first-order valence-corrected chi connectivity index (χ1v) is 11.0. The molecule has 1 fully saturated rings. The molecule has 2 atom stereocenters. The molecule has 34 heavy (non-hydrogen) atoms. The maximum absolute atomic E-state index is 13.6. The number of halogens is 1. The fourth-order valence-corrected chi connectivity index (χ4v) is 4.20. The summed E-state index contributed by atoms with van der Waals surface area (Å²) in [6.07, 6.45) is 7.06. The molecule has 1 aliphatic carbocycles. The molecule has 2 aromatic rings. The quantitative estimate of drug-likeness (QED) is 0.570. The summed E-state index contributed by atoms with van der Waals surface area (Å²) >= 11 is 0. The van der Waals surface area contributed by atoms with Gasteiger partial charge in [0.2, 0.25) is 0 Å². The van der Waals surface area contributed by atoms with Crippen molar-refractivity contribution in [2.24, 2.45) is 11.1 Å². The highest BCUT2D eigenvalue weighted by Crippen LogP contribution is 2.35. The summed E-state index contributed by atoms with van der Waals surface area (Å²) in [6.45, 7) is 3.38. The standard InChI is InChI=1S/C24H28FN5O4/c1-24(13-28-23(32)17-11-15(25)3-4-18(17)33-2)8-5-14(6-9-24)20-19(22(27)31)21(26)30(29-20)16-7-10-34-12-16/h3-6,8,11,16H,7,9-10,12-13,26H2,1-2H3,(H2,27,31)(H,28,32)/t16-,24?/m1/s1. The van der Waals surface area contributed by atoms with Crippen LogP contribution in [-0.2, 0) is 4.74 Å². The van der Waals surface area contributed by atoms with E-state index in [0.717, 1.165) is 18.1 Å². The number of methoxy groups -OCH3 is 1. The number of hydrogen-bond acceptors (Lipinski definition) is 6. The van der Waals surface area contributed by atoms with E-state index in [1.165, 1.54) is 19.2 Å². The summed E-state index contributed by atoms with van der Waals surface area (Å²) in [6, 6.07) is 3.76. The average Bonchev–Trinajstić information content (AvgIpc) is 3.46. The van der Waals surface area contributed by atoms with Gasteiger partial charge < -0.3 is 26.3 Å². The molecule has 1 aromatic heterocycles. The van der Waals surface area contributed by atoms with Gasteiger partial charge in [-0.05, 0) is 36.6 Å². The number of carbonyl (C=O) groups excluding carboxylic acids is 2. The van der Waals surface area contributed by atoms with Crippen molar-refractivity contribution >= 4 is 23.2 Å². The maximum Gasteiger partial charge on any atom is 0.255 e. The van der Waals surface area contributed by atoms with E-state index in [1.807, 2.05) is 25.2 Å². The zero-order valence-corrected chi connectivity index (χ0v) is 19.1. The number of allylic oxidation sites excluding steroid dienone is 3. The van der Waals surface area contributed by atoms with Crippen LogP contribution in [0.2, 0.25) is 0 Å². The van der Waals surface area contributed by atoms with Gasteiger partial charge in [-0.3, -0.25) is 9.59 Å². The van der Waals surface area contributed by atoms with Crippen LogP contribution < -0.4 is 21.5 Å². The lowest BCUT2D eigenvalue weighted by atomic mass is 9.81. The number of hydrogen-bond donors (Lipinski definition) is 3. The van der Waals surface area contributed by atoms with Crippen LogP contribution in [0.15, 0.2) is 36.4 Å². The van der Waals surface area contributed by atoms with E-state index in [-0.39, 0.29) is 23.0 Å².